The smallest absolute Gasteiger partial charge is 0.366 e. The summed E-state index contributed by atoms with van der Waals surface area (Å²) in [6.45, 7) is 4.94. The van der Waals surface area contributed by atoms with Gasteiger partial charge in [-0.1, -0.05) is 12.1 Å². The first kappa shape index (κ1) is 34.3. The number of piperidine rings is 1. The quantitative estimate of drug-likeness (QED) is 0.155. The van der Waals surface area contributed by atoms with Gasteiger partial charge >= 0.3 is 5.91 Å². The maximum atomic E-state index is 11.5. The Bertz CT molecular complexity index is 2250. The van der Waals surface area contributed by atoms with Crippen LogP contribution in [0.4, 0.5) is 11.6 Å². The third-order valence-corrected chi connectivity index (χ3v) is 9.64. The molecule has 0 spiro atoms. The number of anilines is 2. The van der Waals surface area contributed by atoms with Gasteiger partial charge in [0.1, 0.15) is 11.6 Å². The van der Waals surface area contributed by atoms with Crippen molar-refractivity contribution in [2.45, 2.75) is 38.8 Å². The SMILES string of the molecule is Brc1cnn2c(NCc3cccnc3)cc(C3CCNCC3)nc12.CC(=O)[n+]1ccc(-c2cc(NCc3cccnc3)n3ncc(Br)c3n2)cc1. The molecule has 0 atom stereocenters. The van der Waals surface area contributed by atoms with Gasteiger partial charge in [0.05, 0.1) is 34.0 Å². The van der Waals surface area contributed by atoms with Crippen LogP contribution in [0.25, 0.3) is 22.6 Å². The van der Waals surface area contributed by atoms with Gasteiger partial charge in [-0.15, -0.1) is 4.57 Å². The summed E-state index contributed by atoms with van der Waals surface area (Å²) >= 11 is 7.06. The molecule has 0 unspecified atom stereocenters. The Morgan fingerprint density at radius 1 is 0.824 bits per heavy atom. The lowest BCUT2D eigenvalue weighted by Crippen LogP contribution is -2.39. The third kappa shape index (κ3) is 8.11. The van der Waals surface area contributed by atoms with Crippen molar-refractivity contribution in [3.8, 4) is 11.3 Å². The molecular weight excluding hydrogens is 776 g/mol. The highest BCUT2D eigenvalue weighted by Gasteiger charge is 2.20. The molecule has 1 aliphatic heterocycles. The van der Waals surface area contributed by atoms with E-state index in [2.05, 4.69) is 80.1 Å². The van der Waals surface area contributed by atoms with Crippen LogP contribution in [0.3, 0.4) is 0 Å². The Kier molecular flexibility index (Phi) is 10.7. The van der Waals surface area contributed by atoms with E-state index in [1.807, 2.05) is 53.3 Å². The fourth-order valence-corrected chi connectivity index (χ4v) is 6.51. The van der Waals surface area contributed by atoms with Crippen molar-refractivity contribution in [2.75, 3.05) is 23.7 Å². The number of fused-ring (bicyclic) bond motifs is 2. The molecule has 0 saturated carbocycles. The molecule has 3 N–H and O–H groups in total. The maximum absolute atomic E-state index is 11.5. The minimum atomic E-state index is -0.0395. The fourth-order valence-electron chi connectivity index (χ4n) is 5.82. The largest absolute Gasteiger partial charge is 0.389 e. The van der Waals surface area contributed by atoms with E-state index < -0.39 is 0 Å². The molecule has 13 nitrogen and oxygen atoms in total. The van der Waals surface area contributed by atoms with Crippen molar-refractivity contribution in [2.24, 2.45) is 0 Å². The average molecular weight is 812 g/mol. The van der Waals surface area contributed by atoms with Gasteiger partial charge in [0.2, 0.25) is 0 Å². The molecule has 1 fully saturated rings. The first-order valence-corrected chi connectivity index (χ1v) is 18.1. The van der Waals surface area contributed by atoms with Crippen molar-refractivity contribution in [3.63, 3.8) is 0 Å². The molecule has 1 aliphatic rings. The van der Waals surface area contributed by atoms with Crippen molar-refractivity contribution in [1.82, 2.24) is 44.5 Å². The van der Waals surface area contributed by atoms with Crippen LogP contribution in [0.1, 0.15) is 47.3 Å². The Morgan fingerprint density at radius 3 is 1.94 bits per heavy atom. The third-order valence-electron chi connectivity index (χ3n) is 8.52. The number of halogens is 2. The lowest BCUT2D eigenvalue weighted by atomic mass is 9.94. The van der Waals surface area contributed by atoms with E-state index in [1.165, 1.54) is 11.5 Å². The zero-order valence-electron chi connectivity index (χ0n) is 27.7. The Morgan fingerprint density at radius 2 is 1.39 bits per heavy atom. The van der Waals surface area contributed by atoms with E-state index in [0.717, 1.165) is 80.2 Å². The predicted molar refractivity (Wildman–Crippen MR) is 201 cm³/mol. The number of hydrogen-bond donors (Lipinski definition) is 3. The predicted octanol–water partition coefficient (Wildman–Crippen LogP) is 6.08. The summed E-state index contributed by atoms with van der Waals surface area (Å²) in [4.78, 5) is 29.3. The standard InChI is InChI=1S/C19H16BrN6O.C17H19BrN6/c1-13(27)25-7-4-15(5-8-25)17-9-18(22-11-14-3-2-6-21-10-14)26-19(24-17)16(20)12-23-26;18-14-11-22-24-16(21-10-12-2-1-5-20-9-12)8-15(23-17(14)24)13-3-6-19-7-4-13/h2-10,12,22H,11H2,1H3;1-2,5,8-9,11,13,19,21H,3-4,6-7,10H2/q+1;. The number of nitrogens with zero attached hydrogens (tertiary/aromatic N) is 9. The summed E-state index contributed by atoms with van der Waals surface area (Å²) in [5.74, 6) is 2.23. The molecule has 7 aromatic rings. The minimum absolute atomic E-state index is 0.0395. The molecule has 258 valence electrons. The summed E-state index contributed by atoms with van der Waals surface area (Å²) in [6, 6.07) is 15.7. The summed E-state index contributed by atoms with van der Waals surface area (Å²) in [7, 11) is 0. The van der Waals surface area contributed by atoms with Crippen LogP contribution in [0.5, 0.6) is 0 Å². The normalized spacial score (nSPS) is 13.2. The summed E-state index contributed by atoms with van der Waals surface area (Å²) in [6.07, 6.45) is 16.5. The molecule has 8 heterocycles. The van der Waals surface area contributed by atoms with E-state index in [-0.39, 0.29) is 5.91 Å². The number of nitrogens with one attached hydrogen (secondary N) is 3. The second kappa shape index (κ2) is 15.8. The number of carbonyl (C=O) groups is 1. The molecule has 0 bridgehead atoms. The van der Waals surface area contributed by atoms with Crippen LogP contribution in [0, 0.1) is 0 Å². The van der Waals surface area contributed by atoms with Gasteiger partial charge in [0.15, 0.2) is 23.7 Å². The Balaban J connectivity index is 0.000000160. The second-order valence-corrected chi connectivity index (χ2v) is 13.7. The van der Waals surface area contributed by atoms with Crippen LogP contribution in [-0.2, 0) is 13.1 Å². The van der Waals surface area contributed by atoms with Gasteiger partial charge in [0.25, 0.3) is 0 Å². The highest BCUT2D eigenvalue weighted by molar-refractivity contribution is 9.11. The topological polar surface area (TPSA) is 143 Å². The lowest BCUT2D eigenvalue weighted by molar-refractivity contribution is -0.572. The van der Waals surface area contributed by atoms with Crippen molar-refractivity contribution in [3.05, 3.63) is 124 Å². The van der Waals surface area contributed by atoms with E-state index in [0.29, 0.717) is 24.7 Å². The van der Waals surface area contributed by atoms with E-state index >= 15 is 0 Å². The minimum Gasteiger partial charge on any atom is -0.366 e. The van der Waals surface area contributed by atoms with Gasteiger partial charge in [-0.25, -0.2) is 14.8 Å². The van der Waals surface area contributed by atoms with Crippen LogP contribution < -0.4 is 20.5 Å². The number of carbonyl (C=O) groups excluding carboxylic acids is 1. The Labute approximate surface area is 310 Å². The molecular formula is C36H35Br2N12O+. The van der Waals surface area contributed by atoms with Gasteiger partial charge < -0.3 is 16.0 Å². The fraction of sp³-hybridized carbons (Fsp3) is 0.222. The number of rotatable bonds is 8. The van der Waals surface area contributed by atoms with Crippen LogP contribution in [0.2, 0.25) is 0 Å². The van der Waals surface area contributed by atoms with Gasteiger partial charge in [-0.2, -0.15) is 19.2 Å². The first-order chi connectivity index (χ1) is 24.9. The van der Waals surface area contributed by atoms with Crippen LogP contribution in [-0.4, -0.2) is 58.2 Å². The highest BCUT2D eigenvalue weighted by Crippen LogP contribution is 2.29. The number of hydrogen-bond acceptors (Lipinski definition) is 10. The van der Waals surface area contributed by atoms with Gasteiger partial charge in [-0.05, 0) is 81.1 Å². The summed E-state index contributed by atoms with van der Waals surface area (Å²) in [5.41, 5.74) is 6.61. The van der Waals surface area contributed by atoms with Crippen molar-refractivity contribution < 1.29 is 9.36 Å². The molecule has 15 heteroatoms. The second-order valence-electron chi connectivity index (χ2n) is 12.0. The molecule has 0 aliphatic carbocycles. The van der Waals surface area contributed by atoms with E-state index in [4.69, 9.17) is 9.97 Å². The zero-order chi connectivity index (χ0) is 35.2. The molecule has 1 saturated heterocycles. The van der Waals surface area contributed by atoms with Crippen LogP contribution >= 0.6 is 31.9 Å². The number of pyridine rings is 3. The molecule has 51 heavy (non-hydrogen) atoms. The molecule has 8 rings (SSSR count). The monoisotopic (exact) mass is 809 g/mol. The van der Waals surface area contributed by atoms with Crippen LogP contribution in [0.15, 0.2) is 107 Å². The van der Waals surface area contributed by atoms with E-state index in [1.54, 1.807) is 41.7 Å². The van der Waals surface area contributed by atoms with Crippen molar-refractivity contribution in [1.29, 1.82) is 0 Å². The summed E-state index contributed by atoms with van der Waals surface area (Å²) in [5, 5.41) is 19.1. The molecule has 0 amide bonds. The maximum Gasteiger partial charge on any atom is 0.389 e. The van der Waals surface area contributed by atoms with Gasteiger partial charge in [-0.3, -0.25) is 9.97 Å². The average Bonchev–Trinajstić information content (AvgIpc) is 3.75. The Hall–Kier alpha value is -5.12. The molecule has 7 aromatic heterocycles. The van der Waals surface area contributed by atoms with Crippen molar-refractivity contribution >= 4 is 60.7 Å². The molecule has 0 radical (unpaired) electrons. The lowest BCUT2D eigenvalue weighted by Gasteiger charge is -2.23. The highest BCUT2D eigenvalue weighted by atomic mass is 79.9. The zero-order valence-corrected chi connectivity index (χ0v) is 30.9. The van der Waals surface area contributed by atoms with E-state index in [9.17, 15) is 4.79 Å². The molecule has 0 aromatic carbocycles. The number of aromatic nitrogens is 9. The summed E-state index contributed by atoms with van der Waals surface area (Å²) < 4.78 is 6.86. The van der Waals surface area contributed by atoms with Gasteiger partial charge in [0, 0.05) is 79.3 Å². The first-order valence-electron chi connectivity index (χ1n) is 16.5.